The molecule has 1 aliphatic rings. The molecular formula is C11H24. The van der Waals surface area contributed by atoms with Gasteiger partial charge in [0.1, 0.15) is 0 Å². The smallest absolute Gasteiger partial charge is 0.0285 e. The fourth-order valence-electron chi connectivity index (χ4n) is 0.888. The molecule has 0 aromatic rings. The molecule has 0 atom stereocenters. The van der Waals surface area contributed by atoms with Crippen molar-refractivity contribution in [1.29, 1.82) is 0 Å². The van der Waals surface area contributed by atoms with Gasteiger partial charge in [-0.3, -0.25) is 0 Å². The summed E-state index contributed by atoms with van der Waals surface area (Å²) in [6.07, 6.45) is 7.07. The Bertz CT molecular complexity index is 78.2. The molecule has 0 radical (unpaired) electrons. The Morgan fingerprint density at radius 3 is 1.18 bits per heavy atom. The van der Waals surface area contributed by atoms with Crippen LogP contribution in [0.5, 0.6) is 0 Å². The van der Waals surface area contributed by atoms with Crippen molar-refractivity contribution in [2.45, 2.75) is 54.4 Å². The van der Waals surface area contributed by atoms with Crippen molar-refractivity contribution in [1.82, 2.24) is 0 Å². The van der Waals surface area contributed by atoms with Crippen molar-refractivity contribution in [2.75, 3.05) is 0 Å². The molecule has 0 nitrogen and oxygen atoms in total. The summed E-state index contributed by atoms with van der Waals surface area (Å²) in [5.74, 6) is 0. The average molecular weight is 156 g/mol. The fourth-order valence-corrected chi connectivity index (χ4v) is 0.888. The zero-order chi connectivity index (χ0) is 9.33. The van der Waals surface area contributed by atoms with Gasteiger partial charge in [0.05, 0.1) is 0 Å². The highest BCUT2D eigenvalue weighted by atomic mass is 14.2. The molecule has 1 aliphatic carbocycles. The Morgan fingerprint density at radius 1 is 0.818 bits per heavy atom. The fraction of sp³-hybridized carbons (Fsp3) is 0.818. The first kappa shape index (κ1) is 13.3. The van der Waals surface area contributed by atoms with Gasteiger partial charge in [0.25, 0.3) is 0 Å². The van der Waals surface area contributed by atoms with Gasteiger partial charge in [-0.05, 0) is 18.3 Å². The quantitative estimate of drug-likeness (QED) is 0.456. The Hall–Kier alpha value is -0.260. The van der Waals surface area contributed by atoms with Crippen LogP contribution in [0.25, 0.3) is 0 Å². The van der Waals surface area contributed by atoms with E-state index >= 15 is 0 Å². The number of allylic oxidation sites excluding steroid dienone is 2. The molecular weight excluding hydrogens is 132 g/mol. The lowest BCUT2D eigenvalue weighted by molar-refractivity contribution is 0.399. The van der Waals surface area contributed by atoms with E-state index in [0.29, 0.717) is 5.41 Å². The van der Waals surface area contributed by atoms with Crippen molar-refractivity contribution < 1.29 is 0 Å². The third-order valence-electron chi connectivity index (χ3n) is 1.51. The largest absolute Gasteiger partial charge is 0.0880 e. The third kappa shape index (κ3) is 7.64. The summed E-state index contributed by atoms with van der Waals surface area (Å²) >= 11 is 0. The molecule has 0 aromatic heterocycles. The average Bonchev–Trinajstić information content (AvgIpc) is 2.43. The summed E-state index contributed by atoms with van der Waals surface area (Å²) in [5.41, 5.74) is 0.583. The highest BCUT2D eigenvalue weighted by Gasteiger charge is 2.17. The van der Waals surface area contributed by atoms with Crippen LogP contribution in [0.2, 0.25) is 0 Å². The number of hydrogen-bond acceptors (Lipinski definition) is 0. The van der Waals surface area contributed by atoms with Crippen LogP contribution in [-0.4, -0.2) is 0 Å². The molecule has 0 bridgehead atoms. The lowest BCUT2D eigenvalue weighted by Gasteiger charge is -2.14. The number of rotatable bonds is 0. The van der Waals surface area contributed by atoms with Gasteiger partial charge in [0.2, 0.25) is 0 Å². The third-order valence-corrected chi connectivity index (χ3v) is 1.51. The van der Waals surface area contributed by atoms with E-state index < -0.39 is 0 Å². The molecule has 0 heteroatoms. The first-order chi connectivity index (χ1) is 5.21. The lowest BCUT2D eigenvalue weighted by Crippen LogP contribution is -2.02. The monoisotopic (exact) mass is 156 g/mol. The first-order valence-corrected chi connectivity index (χ1v) is 4.86. The minimum atomic E-state index is 0.583. The topological polar surface area (TPSA) is 0 Å². The summed E-state index contributed by atoms with van der Waals surface area (Å²) in [6, 6.07) is 0. The molecule has 0 aliphatic heterocycles. The molecule has 0 aromatic carbocycles. The van der Waals surface area contributed by atoms with E-state index in [4.69, 9.17) is 0 Å². The highest BCUT2D eigenvalue weighted by molar-refractivity contribution is 4.98. The van der Waals surface area contributed by atoms with Gasteiger partial charge in [0, 0.05) is 0 Å². The van der Waals surface area contributed by atoms with Crippen LogP contribution in [0, 0.1) is 5.41 Å². The molecule has 0 heterocycles. The van der Waals surface area contributed by atoms with E-state index in [2.05, 4.69) is 26.0 Å². The molecule has 0 spiro atoms. The van der Waals surface area contributed by atoms with Gasteiger partial charge in [-0.2, -0.15) is 0 Å². The maximum absolute atomic E-state index is 2.30. The molecule has 0 saturated heterocycles. The zero-order valence-electron chi connectivity index (χ0n) is 9.07. The van der Waals surface area contributed by atoms with E-state index in [9.17, 15) is 0 Å². The van der Waals surface area contributed by atoms with E-state index in [0.717, 1.165) is 0 Å². The molecule has 0 N–H and O–H groups in total. The molecule has 0 amide bonds. The second-order valence-corrected chi connectivity index (χ2v) is 3.04. The van der Waals surface area contributed by atoms with Gasteiger partial charge in [0.15, 0.2) is 0 Å². The predicted molar refractivity (Wildman–Crippen MR) is 54.9 cm³/mol. The van der Waals surface area contributed by atoms with Gasteiger partial charge >= 0.3 is 0 Å². The summed E-state index contributed by atoms with van der Waals surface area (Å²) in [4.78, 5) is 0. The lowest BCUT2D eigenvalue weighted by atomic mass is 9.91. The molecule has 0 fully saturated rings. The van der Waals surface area contributed by atoms with Crippen molar-refractivity contribution in [3.05, 3.63) is 12.2 Å². The highest BCUT2D eigenvalue weighted by Crippen LogP contribution is 2.30. The van der Waals surface area contributed by atoms with Gasteiger partial charge < -0.3 is 0 Å². The second kappa shape index (κ2) is 7.84. The molecule has 1 rings (SSSR count). The predicted octanol–water partition coefficient (Wildman–Crippen LogP) is 4.42. The summed E-state index contributed by atoms with van der Waals surface area (Å²) in [5, 5.41) is 0. The second-order valence-electron chi connectivity index (χ2n) is 3.04. The maximum atomic E-state index is 2.30. The van der Waals surface area contributed by atoms with E-state index in [1.54, 1.807) is 0 Å². The van der Waals surface area contributed by atoms with Gasteiger partial charge in [-0.1, -0.05) is 53.7 Å². The van der Waals surface area contributed by atoms with Crippen LogP contribution in [0.3, 0.4) is 0 Å². The minimum absolute atomic E-state index is 0.583. The summed E-state index contributed by atoms with van der Waals surface area (Å²) < 4.78 is 0. The van der Waals surface area contributed by atoms with E-state index in [1.807, 2.05) is 27.7 Å². The van der Waals surface area contributed by atoms with Crippen LogP contribution < -0.4 is 0 Å². The Kier molecular flexibility index (Phi) is 9.51. The normalized spacial score (nSPS) is 17.6. The van der Waals surface area contributed by atoms with E-state index in [-0.39, 0.29) is 0 Å². The van der Waals surface area contributed by atoms with Crippen molar-refractivity contribution >= 4 is 0 Å². The number of hydrogen-bond donors (Lipinski definition) is 0. The van der Waals surface area contributed by atoms with Gasteiger partial charge in [-0.25, -0.2) is 0 Å². The SMILES string of the molecule is CC.CC.CC1(C)CC=CC1. The maximum Gasteiger partial charge on any atom is -0.0285 e. The van der Waals surface area contributed by atoms with Crippen molar-refractivity contribution in [3.63, 3.8) is 0 Å². The molecule has 68 valence electrons. The Balaban J connectivity index is 0. The van der Waals surface area contributed by atoms with Crippen LogP contribution in [-0.2, 0) is 0 Å². The minimum Gasteiger partial charge on any atom is -0.0880 e. The summed E-state index contributed by atoms with van der Waals surface area (Å²) in [6.45, 7) is 12.6. The molecule has 0 saturated carbocycles. The van der Waals surface area contributed by atoms with Crippen LogP contribution in [0.15, 0.2) is 12.2 Å². The Labute approximate surface area is 72.7 Å². The van der Waals surface area contributed by atoms with Crippen LogP contribution in [0.4, 0.5) is 0 Å². The van der Waals surface area contributed by atoms with Crippen LogP contribution in [0.1, 0.15) is 54.4 Å². The molecule has 11 heavy (non-hydrogen) atoms. The zero-order valence-corrected chi connectivity index (χ0v) is 9.07. The van der Waals surface area contributed by atoms with Crippen molar-refractivity contribution in [2.24, 2.45) is 5.41 Å². The standard InChI is InChI=1S/C7H12.2C2H6/c1-7(2)5-3-4-6-7;2*1-2/h3-4H,5-6H2,1-2H3;2*1-2H3. The summed E-state index contributed by atoms with van der Waals surface area (Å²) in [7, 11) is 0. The first-order valence-electron chi connectivity index (χ1n) is 4.86. The van der Waals surface area contributed by atoms with Crippen molar-refractivity contribution in [3.8, 4) is 0 Å². The molecule has 0 unspecified atom stereocenters. The van der Waals surface area contributed by atoms with Crippen LogP contribution >= 0.6 is 0 Å². The Morgan fingerprint density at radius 2 is 1.09 bits per heavy atom. The van der Waals surface area contributed by atoms with E-state index in [1.165, 1.54) is 12.8 Å². The van der Waals surface area contributed by atoms with Gasteiger partial charge in [-0.15, -0.1) is 0 Å².